The van der Waals surface area contributed by atoms with Gasteiger partial charge in [0.2, 0.25) is 0 Å². The zero-order valence-electron chi connectivity index (χ0n) is 17.4. The number of nitrogens with one attached hydrogen (secondary N) is 2. The van der Waals surface area contributed by atoms with Crippen LogP contribution in [0, 0.1) is 6.92 Å². The second kappa shape index (κ2) is 11.0. The third kappa shape index (κ3) is 6.72. The van der Waals surface area contributed by atoms with Crippen LogP contribution in [0.5, 0.6) is 11.5 Å². The number of amides is 2. The summed E-state index contributed by atoms with van der Waals surface area (Å²) in [4.78, 5) is 26.2. The lowest BCUT2D eigenvalue weighted by molar-refractivity contribution is -0.117. The average molecular weight is 437 g/mol. The highest BCUT2D eigenvalue weighted by molar-refractivity contribution is 7.10. The number of aryl methyl sites for hydroxylation is 1. The van der Waals surface area contributed by atoms with Crippen LogP contribution in [0.3, 0.4) is 0 Å². The maximum Gasteiger partial charge on any atom is 0.267 e. The van der Waals surface area contributed by atoms with E-state index in [0.717, 1.165) is 16.2 Å². The smallest absolute Gasteiger partial charge is 0.267 e. The monoisotopic (exact) mass is 436 g/mol. The molecule has 0 aliphatic heterocycles. The summed E-state index contributed by atoms with van der Waals surface area (Å²) in [6, 6.07) is 18.1. The molecular weight excluding hydrogens is 412 g/mol. The first-order valence-corrected chi connectivity index (χ1v) is 10.6. The molecule has 0 bridgehead atoms. The summed E-state index contributed by atoms with van der Waals surface area (Å²) in [6.45, 7) is 2.62. The molecule has 0 aliphatic carbocycles. The zero-order chi connectivity index (χ0) is 22.1. The molecule has 2 aromatic carbocycles. The summed E-state index contributed by atoms with van der Waals surface area (Å²) >= 11 is 1.47. The number of ether oxygens (including phenoxy) is 2. The van der Waals surface area contributed by atoms with E-state index >= 15 is 0 Å². The van der Waals surface area contributed by atoms with Gasteiger partial charge in [-0.2, -0.15) is 0 Å². The molecule has 0 unspecified atom stereocenters. The van der Waals surface area contributed by atoms with Gasteiger partial charge in [0, 0.05) is 10.4 Å². The summed E-state index contributed by atoms with van der Waals surface area (Å²) in [5, 5.41) is 7.40. The molecule has 0 spiro atoms. The maximum absolute atomic E-state index is 12.7. The first-order chi connectivity index (χ1) is 15.0. The topological polar surface area (TPSA) is 76.7 Å². The second-order valence-corrected chi connectivity index (χ2v) is 7.65. The molecule has 1 heterocycles. The number of thiophene rings is 1. The standard InChI is InChI=1S/C24H24N2O4S/c1-17-5-9-20(10-6-17)30-14-13-25-24(28)22(16-21-4-3-15-31-21)26-23(27)18-7-11-19(29-2)12-8-18/h3-12,15-16H,13-14H2,1-2H3,(H,25,28)(H,26,27)/b22-16-. The molecule has 0 aliphatic rings. The molecule has 0 fully saturated rings. The number of hydrogen-bond acceptors (Lipinski definition) is 5. The van der Waals surface area contributed by atoms with Gasteiger partial charge in [-0.05, 0) is 60.8 Å². The van der Waals surface area contributed by atoms with Gasteiger partial charge in [0.25, 0.3) is 11.8 Å². The number of rotatable bonds is 9. The van der Waals surface area contributed by atoms with Crippen LogP contribution in [0.2, 0.25) is 0 Å². The minimum atomic E-state index is -0.386. The highest BCUT2D eigenvalue weighted by Gasteiger charge is 2.15. The van der Waals surface area contributed by atoms with Crippen LogP contribution >= 0.6 is 11.3 Å². The van der Waals surface area contributed by atoms with Gasteiger partial charge >= 0.3 is 0 Å². The highest BCUT2D eigenvalue weighted by atomic mass is 32.1. The van der Waals surface area contributed by atoms with Crippen LogP contribution in [0.1, 0.15) is 20.8 Å². The van der Waals surface area contributed by atoms with Crippen molar-refractivity contribution in [1.82, 2.24) is 10.6 Å². The Labute approximate surface area is 185 Å². The molecule has 0 saturated carbocycles. The molecule has 0 radical (unpaired) electrons. The van der Waals surface area contributed by atoms with E-state index in [4.69, 9.17) is 9.47 Å². The fraction of sp³-hybridized carbons (Fsp3) is 0.167. The minimum Gasteiger partial charge on any atom is -0.497 e. The van der Waals surface area contributed by atoms with Crippen molar-refractivity contribution in [2.24, 2.45) is 0 Å². The molecule has 3 rings (SSSR count). The Hall–Kier alpha value is -3.58. The Bertz CT molecular complexity index is 1030. The first kappa shape index (κ1) is 22.1. The quantitative estimate of drug-likeness (QED) is 0.392. The maximum atomic E-state index is 12.7. The Kier molecular flexibility index (Phi) is 7.84. The summed E-state index contributed by atoms with van der Waals surface area (Å²) in [7, 11) is 1.56. The number of carbonyl (C=O) groups is 2. The summed E-state index contributed by atoms with van der Waals surface area (Å²) in [5.41, 5.74) is 1.74. The van der Waals surface area contributed by atoms with Crippen LogP contribution in [-0.4, -0.2) is 32.1 Å². The molecule has 7 heteroatoms. The third-order valence-corrected chi connectivity index (χ3v) is 5.17. The van der Waals surface area contributed by atoms with E-state index in [0.29, 0.717) is 24.5 Å². The fourth-order valence-electron chi connectivity index (χ4n) is 2.67. The molecular formula is C24H24N2O4S. The van der Waals surface area contributed by atoms with Crippen molar-refractivity contribution in [3.8, 4) is 11.5 Å². The number of carbonyl (C=O) groups excluding carboxylic acids is 2. The van der Waals surface area contributed by atoms with Crippen molar-refractivity contribution >= 4 is 29.2 Å². The first-order valence-electron chi connectivity index (χ1n) is 9.73. The summed E-state index contributed by atoms with van der Waals surface area (Å²) in [6.07, 6.45) is 1.66. The minimum absolute atomic E-state index is 0.165. The lowest BCUT2D eigenvalue weighted by atomic mass is 10.2. The van der Waals surface area contributed by atoms with Gasteiger partial charge < -0.3 is 20.1 Å². The van der Waals surface area contributed by atoms with Gasteiger partial charge in [-0.25, -0.2) is 0 Å². The average Bonchev–Trinajstić information content (AvgIpc) is 3.30. The Morgan fingerprint density at radius 2 is 1.71 bits per heavy atom. The molecule has 160 valence electrons. The Morgan fingerprint density at radius 3 is 2.35 bits per heavy atom. The molecule has 2 N–H and O–H groups in total. The molecule has 2 amide bonds. The molecule has 0 saturated heterocycles. The van der Waals surface area contributed by atoms with E-state index in [1.165, 1.54) is 11.3 Å². The van der Waals surface area contributed by atoms with Crippen LogP contribution in [0.4, 0.5) is 0 Å². The van der Waals surface area contributed by atoms with Gasteiger partial charge in [0.1, 0.15) is 23.8 Å². The SMILES string of the molecule is COc1ccc(C(=O)N/C(=C\c2cccs2)C(=O)NCCOc2ccc(C)cc2)cc1. The van der Waals surface area contributed by atoms with Crippen LogP contribution in [0.15, 0.2) is 71.7 Å². The van der Waals surface area contributed by atoms with E-state index in [9.17, 15) is 9.59 Å². The second-order valence-electron chi connectivity index (χ2n) is 6.67. The van der Waals surface area contributed by atoms with Gasteiger partial charge in [-0.15, -0.1) is 11.3 Å². The highest BCUT2D eigenvalue weighted by Crippen LogP contribution is 2.15. The Balaban J connectivity index is 1.61. The van der Waals surface area contributed by atoms with Crippen LogP contribution in [-0.2, 0) is 4.79 Å². The summed E-state index contributed by atoms with van der Waals surface area (Å²) in [5.74, 6) is 0.624. The number of methoxy groups -OCH3 is 1. The van der Waals surface area contributed by atoms with Gasteiger partial charge in [0.05, 0.1) is 13.7 Å². The van der Waals surface area contributed by atoms with E-state index < -0.39 is 0 Å². The van der Waals surface area contributed by atoms with E-state index in [1.807, 2.05) is 48.7 Å². The molecule has 3 aromatic rings. The van der Waals surface area contributed by atoms with Crippen LogP contribution < -0.4 is 20.1 Å². The number of hydrogen-bond donors (Lipinski definition) is 2. The molecule has 31 heavy (non-hydrogen) atoms. The van der Waals surface area contributed by atoms with Gasteiger partial charge in [0.15, 0.2) is 0 Å². The predicted octanol–water partition coefficient (Wildman–Crippen LogP) is 4.03. The normalized spacial score (nSPS) is 11.0. The largest absolute Gasteiger partial charge is 0.497 e. The van der Waals surface area contributed by atoms with Crippen molar-refractivity contribution in [3.63, 3.8) is 0 Å². The fourth-order valence-corrected chi connectivity index (χ4v) is 3.33. The van der Waals surface area contributed by atoms with E-state index in [-0.39, 0.29) is 17.5 Å². The third-order valence-electron chi connectivity index (χ3n) is 4.35. The molecule has 1 aromatic heterocycles. The predicted molar refractivity (Wildman–Crippen MR) is 122 cm³/mol. The zero-order valence-corrected chi connectivity index (χ0v) is 18.2. The molecule has 6 nitrogen and oxygen atoms in total. The van der Waals surface area contributed by atoms with Crippen LogP contribution in [0.25, 0.3) is 6.08 Å². The van der Waals surface area contributed by atoms with E-state index in [1.54, 1.807) is 37.5 Å². The van der Waals surface area contributed by atoms with Crippen molar-refractivity contribution in [3.05, 3.63) is 87.7 Å². The van der Waals surface area contributed by atoms with Gasteiger partial charge in [-0.3, -0.25) is 9.59 Å². The lowest BCUT2D eigenvalue weighted by Gasteiger charge is -2.12. The Morgan fingerprint density at radius 1 is 1.00 bits per heavy atom. The van der Waals surface area contributed by atoms with Gasteiger partial charge in [-0.1, -0.05) is 23.8 Å². The van der Waals surface area contributed by atoms with Crippen molar-refractivity contribution in [2.45, 2.75) is 6.92 Å². The van der Waals surface area contributed by atoms with Crippen molar-refractivity contribution < 1.29 is 19.1 Å². The van der Waals surface area contributed by atoms with Crippen molar-refractivity contribution in [1.29, 1.82) is 0 Å². The van der Waals surface area contributed by atoms with Crippen molar-refractivity contribution in [2.75, 3.05) is 20.3 Å². The van der Waals surface area contributed by atoms with E-state index in [2.05, 4.69) is 10.6 Å². The lowest BCUT2D eigenvalue weighted by Crippen LogP contribution is -2.36. The number of benzene rings is 2. The summed E-state index contributed by atoms with van der Waals surface area (Å²) < 4.78 is 10.8. The molecule has 0 atom stereocenters.